The highest BCUT2D eigenvalue weighted by molar-refractivity contribution is 5.36. The summed E-state index contributed by atoms with van der Waals surface area (Å²) >= 11 is 0. The van der Waals surface area contributed by atoms with Crippen molar-refractivity contribution in [3.63, 3.8) is 0 Å². The van der Waals surface area contributed by atoms with Crippen molar-refractivity contribution < 1.29 is 8.78 Å². The Hall–Kier alpha value is -0.960. The van der Waals surface area contributed by atoms with Crippen LogP contribution in [0.2, 0.25) is 0 Å². The Balaban J connectivity index is 2.23. The third-order valence-corrected chi connectivity index (χ3v) is 4.00. The molecular weight excluding hydrogens is 244 g/mol. The highest BCUT2D eigenvalue weighted by Gasteiger charge is 2.34. The number of piperidine rings is 1. The summed E-state index contributed by atoms with van der Waals surface area (Å²) in [4.78, 5) is 0. The molecule has 0 bridgehead atoms. The van der Waals surface area contributed by atoms with Crippen LogP contribution in [0.5, 0.6) is 0 Å². The minimum absolute atomic E-state index is 0.156. The number of benzene rings is 1. The Bertz CT molecular complexity index is 425. The van der Waals surface area contributed by atoms with Gasteiger partial charge in [0.25, 0.3) is 0 Å². The first kappa shape index (κ1) is 14.4. The molecule has 0 radical (unpaired) electrons. The Labute approximate surface area is 114 Å². The Morgan fingerprint density at radius 3 is 2.63 bits per heavy atom. The van der Waals surface area contributed by atoms with E-state index in [1.807, 2.05) is 13.0 Å². The van der Waals surface area contributed by atoms with Gasteiger partial charge in [0.1, 0.15) is 11.5 Å². The fraction of sp³-hybridized carbons (Fsp3) is 0.625. The second-order valence-corrected chi connectivity index (χ2v) is 5.99. The monoisotopic (exact) mass is 267 g/mol. The van der Waals surface area contributed by atoms with Crippen LogP contribution in [0.3, 0.4) is 0 Å². The molecule has 0 saturated carbocycles. The van der Waals surface area contributed by atoms with Crippen molar-refractivity contribution in [2.75, 3.05) is 6.54 Å². The van der Waals surface area contributed by atoms with E-state index in [4.69, 9.17) is 0 Å². The molecule has 3 heteroatoms. The molecule has 0 amide bonds. The molecule has 2 atom stereocenters. The molecule has 1 fully saturated rings. The van der Waals surface area contributed by atoms with E-state index >= 15 is 0 Å². The summed E-state index contributed by atoms with van der Waals surface area (Å²) in [6, 6.07) is 3.43. The van der Waals surface area contributed by atoms with Crippen molar-refractivity contribution >= 4 is 0 Å². The predicted molar refractivity (Wildman–Crippen MR) is 74.6 cm³/mol. The molecule has 0 aromatic heterocycles. The van der Waals surface area contributed by atoms with E-state index in [1.165, 1.54) is 13.0 Å². The zero-order valence-electron chi connectivity index (χ0n) is 12.0. The first-order valence-corrected chi connectivity index (χ1v) is 7.09. The Kier molecular flexibility index (Phi) is 4.24. The predicted octanol–water partition coefficient (Wildman–Crippen LogP) is 4.16. The third kappa shape index (κ3) is 3.33. The maximum absolute atomic E-state index is 15.0. The molecule has 19 heavy (non-hydrogen) atoms. The molecule has 1 aromatic carbocycles. The summed E-state index contributed by atoms with van der Waals surface area (Å²) in [6.45, 7) is 6.07. The summed E-state index contributed by atoms with van der Waals surface area (Å²) in [5.41, 5.74) is 0.158. The van der Waals surface area contributed by atoms with Gasteiger partial charge < -0.3 is 5.32 Å². The molecule has 1 heterocycles. The van der Waals surface area contributed by atoms with Gasteiger partial charge in [-0.25, -0.2) is 8.78 Å². The van der Waals surface area contributed by atoms with Crippen LogP contribution < -0.4 is 5.32 Å². The van der Waals surface area contributed by atoms with Gasteiger partial charge in [0.05, 0.1) is 0 Å². The SMILES string of the molecule is Cc1cc(C)c(C(C)(F)CC2CCCCN2)c(F)c1. The van der Waals surface area contributed by atoms with Gasteiger partial charge in [0.2, 0.25) is 0 Å². The maximum Gasteiger partial charge on any atom is 0.137 e. The van der Waals surface area contributed by atoms with E-state index in [-0.39, 0.29) is 11.6 Å². The lowest BCUT2D eigenvalue weighted by Crippen LogP contribution is -2.38. The number of nitrogens with one attached hydrogen (secondary N) is 1. The Morgan fingerprint density at radius 2 is 2.05 bits per heavy atom. The van der Waals surface area contributed by atoms with Crippen molar-refractivity contribution in [1.29, 1.82) is 0 Å². The van der Waals surface area contributed by atoms with Crippen LogP contribution in [0.1, 0.15) is 49.3 Å². The van der Waals surface area contributed by atoms with Crippen molar-refractivity contribution in [2.45, 2.75) is 58.2 Å². The van der Waals surface area contributed by atoms with Crippen LogP contribution in [0.25, 0.3) is 0 Å². The Morgan fingerprint density at radius 1 is 1.32 bits per heavy atom. The summed E-state index contributed by atoms with van der Waals surface area (Å²) in [6.07, 6.45) is 3.60. The maximum atomic E-state index is 15.0. The second kappa shape index (κ2) is 5.58. The van der Waals surface area contributed by atoms with Gasteiger partial charge in [0.15, 0.2) is 0 Å². The number of halogens is 2. The zero-order chi connectivity index (χ0) is 14.0. The van der Waals surface area contributed by atoms with Crippen molar-refractivity contribution in [2.24, 2.45) is 0 Å². The van der Waals surface area contributed by atoms with E-state index in [2.05, 4.69) is 5.32 Å². The molecular formula is C16H23F2N. The normalized spacial score (nSPS) is 23.1. The molecule has 2 rings (SSSR count). The van der Waals surface area contributed by atoms with Crippen LogP contribution in [-0.4, -0.2) is 12.6 Å². The zero-order valence-corrected chi connectivity index (χ0v) is 12.0. The molecule has 1 saturated heterocycles. The topological polar surface area (TPSA) is 12.0 Å². The van der Waals surface area contributed by atoms with Crippen LogP contribution in [0, 0.1) is 19.7 Å². The molecule has 1 N–H and O–H groups in total. The van der Waals surface area contributed by atoms with E-state index in [0.29, 0.717) is 12.0 Å². The average molecular weight is 267 g/mol. The highest BCUT2D eigenvalue weighted by Crippen LogP contribution is 2.36. The molecule has 1 aliphatic rings. The van der Waals surface area contributed by atoms with E-state index in [9.17, 15) is 8.78 Å². The number of rotatable bonds is 3. The highest BCUT2D eigenvalue weighted by atomic mass is 19.1. The summed E-state index contributed by atoms with van der Waals surface area (Å²) in [7, 11) is 0. The molecule has 1 nitrogen and oxygen atoms in total. The lowest BCUT2D eigenvalue weighted by Gasteiger charge is -2.31. The van der Waals surface area contributed by atoms with Gasteiger partial charge in [-0.3, -0.25) is 0 Å². The third-order valence-electron chi connectivity index (χ3n) is 4.00. The minimum Gasteiger partial charge on any atom is -0.314 e. The van der Waals surface area contributed by atoms with Gasteiger partial charge >= 0.3 is 0 Å². The van der Waals surface area contributed by atoms with E-state index in [1.54, 1.807) is 6.92 Å². The van der Waals surface area contributed by atoms with Crippen LogP contribution in [0.4, 0.5) is 8.78 Å². The first-order valence-electron chi connectivity index (χ1n) is 7.09. The van der Waals surface area contributed by atoms with E-state index in [0.717, 1.165) is 31.4 Å². The number of hydrogen-bond donors (Lipinski definition) is 1. The number of aryl methyl sites for hydroxylation is 2. The first-order chi connectivity index (χ1) is 8.90. The van der Waals surface area contributed by atoms with Crippen LogP contribution in [0.15, 0.2) is 12.1 Å². The van der Waals surface area contributed by atoms with Crippen LogP contribution in [-0.2, 0) is 5.67 Å². The lowest BCUT2D eigenvalue weighted by atomic mass is 9.85. The molecule has 1 aliphatic heterocycles. The van der Waals surface area contributed by atoms with Crippen molar-refractivity contribution in [3.05, 3.63) is 34.6 Å². The number of hydrogen-bond acceptors (Lipinski definition) is 1. The summed E-state index contributed by atoms with van der Waals surface area (Å²) in [5.74, 6) is -0.418. The molecule has 0 spiro atoms. The molecule has 2 unspecified atom stereocenters. The molecule has 106 valence electrons. The van der Waals surface area contributed by atoms with Crippen molar-refractivity contribution in [1.82, 2.24) is 5.32 Å². The van der Waals surface area contributed by atoms with E-state index < -0.39 is 11.5 Å². The largest absolute Gasteiger partial charge is 0.314 e. The summed E-state index contributed by atoms with van der Waals surface area (Å²) < 4.78 is 29.1. The smallest absolute Gasteiger partial charge is 0.137 e. The standard InChI is InChI=1S/C16H23F2N/c1-11-8-12(2)15(14(17)9-11)16(3,18)10-13-6-4-5-7-19-13/h8-9,13,19H,4-7,10H2,1-3H3. The minimum atomic E-state index is -1.61. The van der Waals surface area contributed by atoms with Crippen LogP contribution >= 0.6 is 0 Å². The number of alkyl halides is 1. The lowest BCUT2D eigenvalue weighted by molar-refractivity contribution is 0.140. The molecule has 0 aliphatic carbocycles. The quantitative estimate of drug-likeness (QED) is 0.867. The fourth-order valence-electron chi connectivity index (χ4n) is 3.24. The van der Waals surface area contributed by atoms with Gasteiger partial charge in [-0.15, -0.1) is 0 Å². The van der Waals surface area contributed by atoms with Gasteiger partial charge in [-0.2, -0.15) is 0 Å². The fourth-order valence-corrected chi connectivity index (χ4v) is 3.24. The molecule has 1 aromatic rings. The van der Waals surface area contributed by atoms with Gasteiger partial charge in [0, 0.05) is 18.0 Å². The summed E-state index contributed by atoms with van der Waals surface area (Å²) in [5, 5.41) is 3.33. The average Bonchev–Trinajstić information content (AvgIpc) is 2.27. The van der Waals surface area contributed by atoms with Crippen molar-refractivity contribution in [3.8, 4) is 0 Å². The van der Waals surface area contributed by atoms with Gasteiger partial charge in [-0.1, -0.05) is 12.5 Å². The second-order valence-electron chi connectivity index (χ2n) is 5.99. The van der Waals surface area contributed by atoms with Gasteiger partial charge in [-0.05, 0) is 57.4 Å².